The number of esters is 2. The molecule has 25 heavy (non-hydrogen) atoms. The molecule has 0 heterocycles. The monoisotopic (exact) mass is 349 g/mol. The van der Waals surface area contributed by atoms with Gasteiger partial charge in [0.15, 0.2) is 11.5 Å². The van der Waals surface area contributed by atoms with Crippen LogP contribution in [0.3, 0.4) is 0 Å². The van der Waals surface area contributed by atoms with Crippen molar-refractivity contribution in [3.63, 3.8) is 0 Å². The molecule has 0 aliphatic carbocycles. The minimum Gasteiger partial charge on any atom is -0.493 e. The van der Waals surface area contributed by atoms with Gasteiger partial charge in [-0.1, -0.05) is 12.1 Å². The summed E-state index contributed by atoms with van der Waals surface area (Å²) in [5, 5.41) is 9.89. The molecule has 7 heteroatoms. The van der Waals surface area contributed by atoms with Gasteiger partial charge in [-0.05, 0) is 19.9 Å². The minimum absolute atomic E-state index is 0.176. The Morgan fingerprint density at radius 1 is 1.04 bits per heavy atom. The molecule has 0 aromatic heterocycles. The van der Waals surface area contributed by atoms with Crippen LogP contribution in [0.15, 0.2) is 18.2 Å². The minimum atomic E-state index is -1.49. The van der Waals surface area contributed by atoms with E-state index in [4.69, 9.17) is 18.9 Å². The van der Waals surface area contributed by atoms with Gasteiger partial charge in [0.05, 0.1) is 46.3 Å². The Kier molecular flexibility index (Phi) is 7.73. The maximum Gasteiger partial charge on any atom is 0.307 e. The third kappa shape index (κ3) is 4.86. The Morgan fingerprint density at radius 3 is 2.00 bits per heavy atom. The van der Waals surface area contributed by atoms with Gasteiger partial charge in [-0.25, -0.2) is 0 Å². The van der Waals surface area contributed by atoms with E-state index in [-0.39, 0.29) is 26.1 Å². The number of carbonyl (C=O) groups is 2. The van der Waals surface area contributed by atoms with Gasteiger partial charge in [0.25, 0.3) is 0 Å². The Labute approximate surface area is 147 Å². The van der Waals surface area contributed by atoms with Crippen LogP contribution in [0.25, 0.3) is 0 Å². The van der Waals surface area contributed by atoms with Crippen molar-refractivity contribution >= 4 is 11.9 Å². The number of hydrogen-bond donors (Lipinski definition) is 0. The van der Waals surface area contributed by atoms with Crippen LogP contribution in [-0.4, -0.2) is 39.4 Å². The van der Waals surface area contributed by atoms with Gasteiger partial charge < -0.3 is 18.9 Å². The maximum atomic E-state index is 12.1. The normalized spacial score (nSPS) is 10.5. The van der Waals surface area contributed by atoms with Crippen molar-refractivity contribution in [1.29, 1.82) is 5.26 Å². The summed E-state index contributed by atoms with van der Waals surface area (Å²) in [6.45, 7) is 3.69. The average Bonchev–Trinajstić information content (AvgIpc) is 2.60. The van der Waals surface area contributed by atoms with Crippen LogP contribution < -0.4 is 9.47 Å². The van der Waals surface area contributed by atoms with Crippen molar-refractivity contribution in [2.24, 2.45) is 0 Å². The van der Waals surface area contributed by atoms with Crippen LogP contribution in [0, 0.1) is 11.3 Å². The van der Waals surface area contributed by atoms with Crippen LogP contribution in [0.4, 0.5) is 0 Å². The van der Waals surface area contributed by atoms with Crippen molar-refractivity contribution in [2.45, 2.75) is 32.1 Å². The van der Waals surface area contributed by atoms with Crippen LogP contribution in [0.5, 0.6) is 11.5 Å². The molecule has 0 aliphatic rings. The summed E-state index contributed by atoms with van der Waals surface area (Å²) in [6.07, 6.45) is -0.612. The van der Waals surface area contributed by atoms with E-state index < -0.39 is 17.4 Å². The summed E-state index contributed by atoms with van der Waals surface area (Å²) in [4.78, 5) is 24.2. The number of para-hydroxylation sites is 1. The first-order valence-electron chi connectivity index (χ1n) is 7.91. The van der Waals surface area contributed by atoms with Gasteiger partial charge in [-0.15, -0.1) is 0 Å². The lowest BCUT2D eigenvalue weighted by molar-refractivity contribution is -0.146. The molecule has 0 saturated carbocycles. The Bertz CT molecular complexity index is 629. The molecule has 1 aromatic rings. The summed E-state index contributed by atoms with van der Waals surface area (Å²) in [7, 11) is 2.89. The summed E-state index contributed by atoms with van der Waals surface area (Å²) in [5.41, 5.74) is -1.11. The number of nitriles is 1. The van der Waals surface area contributed by atoms with Crippen LogP contribution in [-0.2, 0) is 24.5 Å². The van der Waals surface area contributed by atoms with Gasteiger partial charge >= 0.3 is 11.9 Å². The molecule has 0 N–H and O–H groups in total. The zero-order chi connectivity index (χ0) is 18.9. The number of benzene rings is 1. The molecule has 0 unspecified atom stereocenters. The molecule has 1 rings (SSSR count). The molecule has 0 bridgehead atoms. The lowest BCUT2D eigenvalue weighted by Crippen LogP contribution is -2.33. The maximum absolute atomic E-state index is 12.1. The molecule has 0 spiro atoms. The summed E-state index contributed by atoms with van der Waals surface area (Å²) in [5.74, 6) is -0.482. The first-order chi connectivity index (χ1) is 12.0. The van der Waals surface area contributed by atoms with Crippen LogP contribution in [0.1, 0.15) is 32.3 Å². The lowest BCUT2D eigenvalue weighted by Gasteiger charge is -2.27. The number of hydrogen-bond acceptors (Lipinski definition) is 7. The second kappa shape index (κ2) is 9.52. The van der Waals surface area contributed by atoms with Crippen molar-refractivity contribution < 1.29 is 28.5 Å². The molecule has 0 atom stereocenters. The topological polar surface area (TPSA) is 94.9 Å². The highest BCUT2D eigenvalue weighted by Crippen LogP contribution is 2.42. The van der Waals surface area contributed by atoms with E-state index in [0.29, 0.717) is 17.1 Å². The SMILES string of the molecule is CCOC(=O)CC(C#N)(CC(=O)OCC)c1cccc(OC)c1OC. The van der Waals surface area contributed by atoms with E-state index in [2.05, 4.69) is 6.07 Å². The smallest absolute Gasteiger partial charge is 0.307 e. The van der Waals surface area contributed by atoms with Crippen molar-refractivity contribution in [3.8, 4) is 17.6 Å². The molecule has 7 nitrogen and oxygen atoms in total. The fraction of sp³-hybridized carbons (Fsp3) is 0.500. The number of carbonyl (C=O) groups excluding carboxylic acids is 2. The quantitative estimate of drug-likeness (QED) is 0.632. The second-order valence-corrected chi connectivity index (χ2v) is 5.20. The first-order valence-corrected chi connectivity index (χ1v) is 7.91. The third-order valence-corrected chi connectivity index (χ3v) is 3.64. The summed E-state index contributed by atoms with van der Waals surface area (Å²) in [6, 6.07) is 7.06. The van der Waals surface area contributed by atoms with E-state index in [0.717, 1.165) is 0 Å². The van der Waals surface area contributed by atoms with E-state index in [1.54, 1.807) is 32.0 Å². The lowest BCUT2D eigenvalue weighted by atomic mass is 9.75. The van der Waals surface area contributed by atoms with Crippen LogP contribution in [0.2, 0.25) is 0 Å². The van der Waals surface area contributed by atoms with Crippen molar-refractivity contribution in [2.75, 3.05) is 27.4 Å². The van der Waals surface area contributed by atoms with Gasteiger partial charge in [-0.3, -0.25) is 9.59 Å². The summed E-state index contributed by atoms with van der Waals surface area (Å²) < 4.78 is 20.6. The van der Waals surface area contributed by atoms with Gasteiger partial charge in [0.2, 0.25) is 0 Å². The fourth-order valence-electron chi connectivity index (χ4n) is 2.57. The zero-order valence-corrected chi connectivity index (χ0v) is 15.0. The van der Waals surface area contributed by atoms with E-state index >= 15 is 0 Å². The van der Waals surface area contributed by atoms with Crippen molar-refractivity contribution in [1.82, 2.24) is 0 Å². The molecule has 0 fully saturated rings. The molecular weight excluding hydrogens is 326 g/mol. The molecule has 0 saturated heterocycles. The Hall–Kier alpha value is -2.75. The zero-order valence-electron chi connectivity index (χ0n) is 15.0. The molecule has 0 radical (unpaired) electrons. The molecule has 0 aliphatic heterocycles. The highest BCUT2D eigenvalue weighted by atomic mass is 16.5. The van der Waals surface area contributed by atoms with E-state index in [1.807, 2.05) is 0 Å². The number of ether oxygens (including phenoxy) is 4. The van der Waals surface area contributed by atoms with Gasteiger partial charge in [-0.2, -0.15) is 5.26 Å². The number of nitrogens with zero attached hydrogens (tertiary/aromatic N) is 1. The highest BCUT2D eigenvalue weighted by molar-refractivity contribution is 5.78. The largest absolute Gasteiger partial charge is 0.493 e. The average molecular weight is 349 g/mol. The van der Waals surface area contributed by atoms with Crippen molar-refractivity contribution in [3.05, 3.63) is 23.8 Å². The Morgan fingerprint density at radius 2 is 1.60 bits per heavy atom. The standard InChI is InChI=1S/C18H23NO6/c1-5-24-15(20)10-18(12-19,11-16(21)25-6-2)13-8-7-9-14(22-3)17(13)23-4/h7-9H,5-6,10-11H2,1-4H3. The van der Waals surface area contributed by atoms with Gasteiger partial charge in [0, 0.05) is 5.56 Å². The molecule has 136 valence electrons. The molecule has 0 amide bonds. The number of methoxy groups -OCH3 is 2. The predicted octanol–water partition coefficient (Wildman–Crippen LogP) is 2.37. The Balaban J connectivity index is 3.46. The summed E-state index contributed by atoms with van der Waals surface area (Å²) >= 11 is 0. The first kappa shape index (κ1) is 20.3. The third-order valence-electron chi connectivity index (χ3n) is 3.64. The van der Waals surface area contributed by atoms with E-state index in [9.17, 15) is 14.9 Å². The van der Waals surface area contributed by atoms with Gasteiger partial charge in [0.1, 0.15) is 5.41 Å². The van der Waals surface area contributed by atoms with Crippen LogP contribution >= 0.6 is 0 Å². The molecular formula is C18H23NO6. The predicted molar refractivity (Wildman–Crippen MR) is 89.3 cm³/mol. The fourth-order valence-corrected chi connectivity index (χ4v) is 2.57. The highest BCUT2D eigenvalue weighted by Gasteiger charge is 2.41. The molecule has 1 aromatic carbocycles. The second-order valence-electron chi connectivity index (χ2n) is 5.20. The van der Waals surface area contributed by atoms with E-state index in [1.165, 1.54) is 14.2 Å². The number of rotatable bonds is 9.